The SMILES string of the molecule is Cc1ccccc1C1CCCN1CC1(C)CCNC1. The molecule has 2 heterocycles. The summed E-state index contributed by atoms with van der Waals surface area (Å²) in [6.45, 7) is 9.60. The minimum Gasteiger partial charge on any atom is -0.316 e. The fourth-order valence-electron chi connectivity index (χ4n) is 3.82. The summed E-state index contributed by atoms with van der Waals surface area (Å²) in [6.07, 6.45) is 4.00. The molecule has 0 aromatic heterocycles. The lowest BCUT2D eigenvalue weighted by Gasteiger charge is -2.33. The number of hydrogen-bond donors (Lipinski definition) is 1. The Morgan fingerprint density at radius 1 is 1.37 bits per heavy atom. The molecule has 1 aromatic rings. The molecule has 0 bridgehead atoms. The number of aryl methyl sites for hydroxylation is 1. The number of hydrogen-bond acceptors (Lipinski definition) is 2. The monoisotopic (exact) mass is 258 g/mol. The van der Waals surface area contributed by atoms with Gasteiger partial charge in [0, 0.05) is 19.1 Å². The van der Waals surface area contributed by atoms with E-state index in [0.717, 1.165) is 0 Å². The fourth-order valence-corrected chi connectivity index (χ4v) is 3.82. The van der Waals surface area contributed by atoms with Crippen LogP contribution in [0.3, 0.4) is 0 Å². The first kappa shape index (κ1) is 13.1. The number of likely N-dealkylation sites (tertiary alicyclic amines) is 1. The Morgan fingerprint density at radius 2 is 2.21 bits per heavy atom. The highest BCUT2D eigenvalue weighted by atomic mass is 15.2. The minimum atomic E-state index is 0.477. The highest BCUT2D eigenvalue weighted by molar-refractivity contribution is 5.29. The first-order valence-corrected chi connectivity index (χ1v) is 7.68. The number of benzene rings is 1. The van der Waals surface area contributed by atoms with E-state index < -0.39 is 0 Å². The van der Waals surface area contributed by atoms with Gasteiger partial charge in [0.25, 0.3) is 0 Å². The fraction of sp³-hybridized carbons (Fsp3) is 0.647. The summed E-state index contributed by atoms with van der Waals surface area (Å²) in [7, 11) is 0. The van der Waals surface area contributed by atoms with Crippen LogP contribution in [0.1, 0.15) is 43.4 Å². The zero-order valence-corrected chi connectivity index (χ0v) is 12.3. The molecule has 0 amide bonds. The molecular weight excluding hydrogens is 232 g/mol. The molecule has 2 fully saturated rings. The van der Waals surface area contributed by atoms with Crippen LogP contribution in [-0.4, -0.2) is 31.1 Å². The molecular formula is C17H26N2. The van der Waals surface area contributed by atoms with Gasteiger partial charge in [0.15, 0.2) is 0 Å². The van der Waals surface area contributed by atoms with Crippen molar-refractivity contribution in [2.24, 2.45) is 5.41 Å². The van der Waals surface area contributed by atoms with Gasteiger partial charge in [-0.15, -0.1) is 0 Å². The first-order valence-electron chi connectivity index (χ1n) is 7.68. The van der Waals surface area contributed by atoms with E-state index in [-0.39, 0.29) is 0 Å². The van der Waals surface area contributed by atoms with Gasteiger partial charge in [-0.3, -0.25) is 4.90 Å². The zero-order chi connectivity index (χ0) is 13.3. The Labute approximate surface area is 117 Å². The lowest BCUT2D eigenvalue weighted by atomic mass is 9.88. The molecule has 2 nitrogen and oxygen atoms in total. The first-order chi connectivity index (χ1) is 9.18. The summed E-state index contributed by atoms with van der Waals surface area (Å²) in [6, 6.07) is 9.58. The third kappa shape index (κ3) is 2.70. The Bertz CT molecular complexity index is 435. The van der Waals surface area contributed by atoms with Crippen LogP contribution in [-0.2, 0) is 0 Å². The topological polar surface area (TPSA) is 15.3 Å². The Kier molecular flexibility index (Phi) is 3.64. The molecule has 3 rings (SSSR count). The average molecular weight is 258 g/mol. The van der Waals surface area contributed by atoms with Gasteiger partial charge >= 0.3 is 0 Å². The molecule has 1 N–H and O–H groups in total. The van der Waals surface area contributed by atoms with Gasteiger partial charge in [-0.25, -0.2) is 0 Å². The molecule has 2 aliphatic rings. The summed E-state index contributed by atoms with van der Waals surface area (Å²) in [5.41, 5.74) is 3.48. The van der Waals surface area contributed by atoms with Crippen LogP contribution in [0.2, 0.25) is 0 Å². The zero-order valence-electron chi connectivity index (χ0n) is 12.3. The maximum atomic E-state index is 3.53. The van der Waals surface area contributed by atoms with Crippen LogP contribution in [0, 0.1) is 12.3 Å². The van der Waals surface area contributed by atoms with Crippen molar-refractivity contribution in [2.45, 2.75) is 39.2 Å². The van der Waals surface area contributed by atoms with Crippen LogP contribution in [0.4, 0.5) is 0 Å². The van der Waals surface area contributed by atoms with E-state index in [4.69, 9.17) is 0 Å². The van der Waals surface area contributed by atoms with Gasteiger partial charge in [0.05, 0.1) is 0 Å². The Morgan fingerprint density at radius 3 is 2.95 bits per heavy atom. The smallest absolute Gasteiger partial charge is 0.0351 e. The predicted octanol–water partition coefficient (Wildman–Crippen LogP) is 3.13. The van der Waals surface area contributed by atoms with E-state index in [1.54, 1.807) is 5.56 Å². The molecule has 2 unspecified atom stereocenters. The van der Waals surface area contributed by atoms with Gasteiger partial charge < -0.3 is 5.32 Å². The van der Waals surface area contributed by atoms with E-state index in [1.807, 2.05) is 0 Å². The predicted molar refractivity (Wildman–Crippen MR) is 80.3 cm³/mol. The molecule has 1 aromatic carbocycles. The quantitative estimate of drug-likeness (QED) is 0.896. The van der Waals surface area contributed by atoms with E-state index in [9.17, 15) is 0 Å². The second kappa shape index (κ2) is 5.26. The second-order valence-electron chi connectivity index (χ2n) is 6.72. The minimum absolute atomic E-state index is 0.477. The maximum absolute atomic E-state index is 3.53. The maximum Gasteiger partial charge on any atom is 0.0351 e. The van der Waals surface area contributed by atoms with Crippen molar-refractivity contribution in [1.29, 1.82) is 0 Å². The van der Waals surface area contributed by atoms with Crippen molar-refractivity contribution in [1.82, 2.24) is 10.2 Å². The van der Waals surface area contributed by atoms with Crippen molar-refractivity contribution >= 4 is 0 Å². The summed E-state index contributed by atoms with van der Waals surface area (Å²) in [5, 5.41) is 3.53. The number of nitrogens with one attached hydrogen (secondary N) is 1. The number of rotatable bonds is 3. The summed E-state index contributed by atoms with van der Waals surface area (Å²) < 4.78 is 0. The highest BCUT2D eigenvalue weighted by Gasteiger charge is 2.35. The summed E-state index contributed by atoms with van der Waals surface area (Å²) >= 11 is 0. The molecule has 2 atom stereocenters. The standard InChI is InChI=1S/C17H26N2/c1-14-6-3-4-7-15(14)16-8-5-11-19(16)13-17(2)9-10-18-12-17/h3-4,6-7,16,18H,5,8-13H2,1-2H3. The van der Waals surface area contributed by atoms with Crippen LogP contribution >= 0.6 is 0 Å². The van der Waals surface area contributed by atoms with E-state index >= 15 is 0 Å². The molecule has 2 aliphatic heterocycles. The summed E-state index contributed by atoms with van der Waals surface area (Å²) in [5.74, 6) is 0. The molecule has 0 saturated carbocycles. The van der Waals surface area contributed by atoms with Gasteiger partial charge in [-0.2, -0.15) is 0 Å². The van der Waals surface area contributed by atoms with E-state index in [2.05, 4.69) is 48.3 Å². The second-order valence-corrected chi connectivity index (χ2v) is 6.72. The molecule has 2 saturated heterocycles. The van der Waals surface area contributed by atoms with Crippen LogP contribution in [0.5, 0.6) is 0 Å². The molecule has 0 radical (unpaired) electrons. The molecule has 2 heteroatoms. The van der Waals surface area contributed by atoms with Gasteiger partial charge in [-0.1, -0.05) is 31.2 Å². The van der Waals surface area contributed by atoms with E-state index in [1.165, 1.54) is 51.0 Å². The van der Waals surface area contributed by atoms with Gasteiger partial charge in [0.1, 0.15) is 0 Å². The molecule has 104 valence electrons. The summed E-state index contributed by atoms with van der Waals surface area (Å²) in [4.78, 5) is 2.73. The molecule has 0 aliphatic carbocycles. The lowest BCUT2D eigenvalue weighted by Crippen LogP contribution is -2.37. The van der Waals surface area contributed by atoms with E-state index in [0.29, 0.717) is 11.5 Å². The van der Waals surface area contributed by atoms with Crippen molar-refractivity contribution in [3.05, 3.63) is 35.4 Å². The third-order valence-corrected chi connectivity index (χ3v) is 4.95. The Hall–Kier alpha value is -0.860. The normalized spacial score (nSPS) is 32.0. The molecule has 0 spiro atoms. The van der Waals surface area contributed by atoms with Gasteiger partial charge in [0.2, 0.25) is 0 Å². The van der Waals surface area contributed by atoms with Crippen molar-refractivity contribution in [3.8, 4) is 0 Å². The van der Waals surface area contributed by atoms with Gasteiger partial charge in [-0.05, 0) is 55.8 Å². The van der Waals surface area contributed by atoms with Crippen molar-refractivity contribution < 1.29 is 0 Å². The number of nitrogens with zero attached hydrogens (tertiary/aromatic N) is 1. The van der Waals surface area contributed by atoms with Crippen LogP contribution < -0.4 is 5.32 Å². The molecule has 19 heavy (non-hydrogen) atoms. The lowest BCUT2D eigenvalue weighted by molar-refractivity contribution is 0.165. The third-order valence-electron chi connectivity index (χ3n) is 4.95. The van der Waals surface area contributed by atoms with Crippen LogP contribution in [0.15, 0.2) is 24.3 Å². The van der Waals surface area contributed by atoms with Crippen molar-refractivity contribution in [3.63, 3.8) is 0 Å². The van der Waals surface area contributed by atoms with Crippen LogP contribution in [0.25, 0.3) is 0 Å². The van der Waals surface area contributed by atoms with Crippen molar-refractivity contribution in [2.75, 3.05) is 26.2 Å². The largest absolute Gasteiger partial charge is 0.316 e. The average Bonchev–Trinajstić information content (AvgIpc) is 3.00. The highest BCUT2D eigenvalue weighted by Crippen LogP contribution is 2.37. The Balaban J connectivity index is 1.76.